The third kappa shape index (κ3) is 5.11. The first-order valence-corrected chi connectivity index (χ1v) is 10.0. The Morgan fingerprint density at radius 2 is 1.90 bits per heavy atom. The Labute approximate surface area is 173 Å². The lowest BCUT2D eigenvalue weighted by Crippen LogP contribution is -2.30. The van der Waals surface area contributed by atoms with Crippen LogP contribution in [0.15, 0.2) is 36.4 Å². The van der Waals surface area contributed by atoms with Crippen LogP contribution in [0.4, 0.5) is 0 Å². The Morgan fingerprint density at radius 3 is 2.66 bits per heavy atom. The van der Waals surface area contributed by atoms with Crippen LogP contribution >= 0.6 is 0 Å². The summed E-state index contributed by atoms with van der Waals surface area (Å²) in [4.78, 5) is 4.67. The van der Waals surface area contributed by atoms with E-state index in [0.717, 1.165) is 53.9 Å². The highest BCUT2D eigenvalue weighted by Gasteiger charge is 2.09. The van der Waals surface area contributed by atoms with E-state index in [9.17, 15) is 5.26 Å². The number of aromatic nitrogens is 2. The predicted octanol–water partition coefficient (Wildman–Crippen LogP) is 4.30. The molecule has 0 atom stereocenters. The van der Waals surface area contributed by atoms with Gasteiger partial charge in [-0.15, -0.1) is 0 Å². The SMILES string of the molecule is CCN(C)CCN(C)Cc1cccc(/C=C/c2n[nH]c3ccc(C#N)c(C)c23)c1. The van der Waals surface area contributed by atoms with E-state index in [0.29, 0.717) is 5.56 Å². The quantitative estimate of drug-likeness (QED) is 0.626. The molecule has 3 aromatic rings. The van der Waals surface area contributed by atoms with Crippen molar-refractivity contribution in [1.82, 2.24) is 20.0 Å². The van der Waals surface area contributed by atoms with Gasteiger partial charge in [0.1, 0.15) is 0 Å². The highest BCUT2D eigenvalue weighted by Crippen LogP contribution is 2.24. The van der Waals surface area contributed by atoms with Gasteiger partial charge >= 0.3 is 0 Å². The number of aromatic amines is 1. The standard InChI is InChI=1S/C24H29N5/c1-5-28(3)13-14-29(4)17-20-8-6-7-19(15-20)9-11-22-24-18(2)21(16-25)10-12-23(24)27-26-22/h6-12,15H,5,13-14,17H2,1-4H3,(H,26,27)/b11-9+. The minimum atomic E-state index is 0.687. The Morgan fingerprint density at radius 1 is 1.10 bits per heavy atom. The molecule has 0 unspecified atom stereocenters. The lowest BCUT2D eigenvalue weighted by Gasteiger charge is -2.21. The molecule has 1 heterocycles. The summed E-state index contributed by atoms with van der Waals surface area (Å²) in [5.41, 5.74) is 5.90. The van der Waals surface area contributed by atoms with Gasteiger partial charge in [-0.05, 0) is 62.5 Å². The number of hydrogen-bond donors (Lipinski definition) is 1. The smallest absolute Gasteiger partial charge is 0.0994 e. The average Bonchev–Trinajstić information content (AvgIpc) is 3.15. The summed E-state index contributed by atoms with van der Waals surface area (Å²) in [6.07, 6.45) is 4.11. The van der Waals surface area contributed by atoms with Gasteiger partial charge < -0.3 is 9.80 Å². The molecule has 0 aliphatic carbocycles. The van der Waals surface area contributed by atoms with Crippen molar-refractivity contribution in [2.75, 3.05) is 33.7 Å². The summed E-state index contributed by atoms with van der Waals surface area (Å²) in [5.74, 6) is 0. The summed E-state index contributed by atoms with van der Waals surface area (Å²) >= 11 is 0. The first-order chi connectivity index (χ1) is 14.0. The Kier molecular flexibility index (Phi) is 6.82. The molecule has 0 fully saturated rings. The van der Waals surface area contributed by atoms with Crippen molar-refractivity contribution in [3.63, 3.8) is 0 Å². The minimum Gasteiger partial charge on any atom is -0.305 e. The molecule has 0 bridgehead atoms. The normalized spacial score (nSPS) is 11.8. The third-order valence-corrected chi connectivity index (χ3v) is 5.38. The fourth-order valence-electron chi connectivity index (χ4n) is 3.41. The lowest BCUT2D eigenvalue weighted by molar-refractivity contribution is 0.258. The molecule has 0 saturated carbocycles. The van der Waals surface area contributed by atoms with E-state index in [-0.39, 0.29) is 0 Å². The average molecular weight is 388 g/mol. The Hall–Kier alpha value is -2.94. The minimum absolute atomic E-state index is 0.687. The number of aryl methyl sites for hydroxylation is 1. The molecular weight excluding hydrogens is 358 g/mol. The molecule has 5 nitrogen and oxygen atoms in total. The zero-order valence-electron chi connectivity index (χ0n) is 17.7. The topological polar surface area (TPSA) is 58.9 Å². The van der Waals surface area contributed by atoms with Crippen LogP contribution in [-0.4, -0.2) is 53.7 Å². The summed E-state index contributed by atoms with van der Waals surface area (Å²) in [7, 11) is 4.32. The fraction of sp³-hybridized carbons (Fsp3) is 0.333. The van der Waals surface area contributed by atoms with Crippen LogP contribution < -0.4 is 0 Å². The molecule has 2 aromatic carbocycles. The highest BCUT2D eigenvalue weighted by atomic mass is 15.2. The van der Waals surface area contributed by atoms with Crippen LogP contribution in [0.2, 0.25) is 0 Å². The van der Waals surface area contributed by atoms with Gasteiger partial charge in [0.15, 0.2) is 0 Å². The maximum atomic E-state index is 9.29. The van der Waals surface area contributed by atoms with Gasteiger partial charge in [0.25, 0.3) is 0 Å². The number of hydrogen-bond acceptors (Lipinski definition) is 4. The van der Waals surface area contributed by atoms with E-state index >= 15 is 0 Å². The van der Waals surface area contributed by atoms with Gasteiger partial charge in [-0.25, -0.2) is 0 Å². The maximum absolute atomic E-state index is 9.29. The van der Waals surface area contributed by atoms with Gasteiger partial charge in [-0.2, -0.15) is 10.4 Å². The third-order valence-electron chi connectivity index (χ3n) is 5.38. The lowest BCUT2D eigenvalue weighted by atomic mass is 10.0. The number of nitrogens with zero attached hydrogens (tertiary/aromatic N) is 4. The van der Waals surface area contributed by atoms with E-state index in [1.54, 1.807) is 0 Å². The van der Waals surface area contributed by atoms with Crippen molar-refractivity contribution in [1.29, 1.82) is 5.26 Å². The molecule has 1 aromatic heterocycles. The zero-order valence-corrected chi connectivity index (χ0v) is 17.7. The van der Waals surface area contributed by atoms with Gasteiger partial charge in [-0.3, -0.25) is 5.10 Å². The van der Waals surface area contributed by atoms with E-state index in [2.05, 4.69) is 77.4 Å². The van der Waals surface area contributed by atoms with Gasteiger partial charge in [0, 0.05) is 25.0 Å². The van der Waals surface area contributed by atoms with Crippen LogP contribution in [0.25, 0.3) is 23.1 Å². The largest absolute Gasteiger partial charge is 0.305 e. The van der Waals surface area contributed by atoms with Crippen molar-refractivity contribution < 1.29 is 0 Å². The maximum Gasteiger partial charge on any atom is 0.0994 e. The van der Waals surface area contributed by atoms with E-state index in [1.807, 2.05) is 25.1 Å². The number of likely N-dealkylation sites (N-methyl/N-ethyl adjacent to an activating group) is 2. The highest BCUT2D eigenvalue weighted by molar-refractivity contribution is 5.93. The fourth-order valence-corrected chi connectivity index (χ4v) is 3.41. The van der Waals surface area contributed by atoms with E-state index in [4.69, 9.17) is 0 Å². The zero-order chi connectivity index (χ0) is 20.8. The van der Waals surface area contributed by atoms with Gasteiger partial charge in [-0.1, -0.05) is 37.3 Å². The molecule has 29 heavy (non-hydrogen) atoms. The van der Waals surface area contributed by atoms with Crippen LogP contribution in [0.5, 0.6) is 0 Å². The summed E-state index contributed by atoms with van der Waals surface area (Å²) in [6, 6.07) is 14.6. The van der Waals surface area contributed by atoms with Crippen molar-refractivity contribution in [3.05, 3.63) is 64.3 Å². The first-order valence-electron chi connectivity index (χ1n) is 10.0. The molecule has 3 rings (SSSR count). The molecule has 0 aliphatic heterocycles. The second-order valence-corrected chi connectivity index (χ2v) is 7.59. The molecule has 0 saturated heterocycles. The second kappa shape index (κ2) is 9.51. The summed E-state index contributed by atoms with van der Waals surface area (Å²) < 4.78 is 0. The molecule has 5 heteroatoms. The van der Waals surface area contributed by atoms with Crippen LogP contribution in [0.1, 0.15) is 34.9 Å². The molecule has 0 spiro atoms. The van der Waals surface area contributed by atoms with Gasteiger partial charge in [0.05, 0.1) is 22.8 Å². The van der Waals surface area contributed by atoms with Crippen molar-refractivity contribution in [2.45, 2.75) is 20.4 Å². The van der Waals surface area contributed by atoms with Crippen molar-refractivity contribution in [3.8, 4) is 6.07 Å². The number of H-pyrrole nitrogens is 1. The van der Waals surface area contributed by atoms with Crippen LogP contribution in [0, 0.1) is 18.3 Å². The monoisotopic (exact) mass is 387 g/mol. The number of nitrogens with one attached hydrogen (secondary N) is 1. The number of rotatable bonds is 8. The summed E-state index contributed by atoms with van der Waals surface area (Å²) in [6.45, 7) is 8.27. The van der Waals surface area contributed by atoms with Crippen LogP contribution in [0.3, 0.4) is 0 Å². The molecule has 0 aliphatic rings. The first kappa shape index (κ1) is 20.8. The van der Waals surface area contributed by atoms with Crippen molar-refractivity contribution in [2.24, 2.45) is 0 Å². The Bertz CT molecular complexity index is 1040. The second-order valence-electron chi connectivity index (χ2n) is 7.59. The Balaban J connectivity index is 1.74. The molecule has 1 N–H and O–H groups in total. The van der Waals surface area contributed by atoms with Crippen LogP contribution in [-0.2, 0) is 6.54 Å². The molecular formula is C24H29N5. The van der Waals surface area contributed by atoms with E-state index < -0.39 is 0 Å². The number of benzene rings is 2. The molecule has 0 radical (unpaired) electrons. The van der Waals surface area contributed by atoms with E-state index in [1.165, 1.54) is 5.56 Å². The van der Waals surface area contributed by atoms with Gasteiger partial charge in [0.2, 0.25) is 0 Å². The number of fused-ring (bicyclic) bond motifs is 1. The number of nitriles is 1. The summed E-state index contributed by atoms with van der Waals surface area (Å²) in [5, 5.41) is 17.8. The molecule has 150 valence electrons. The molecule has 0 amide bonds. The van der Waals surface area contributed by atoms with Crippen molar-refractivity contribution >= 4 is 23.1 Å². The predicted molar refractivity (Wildman–Crippen MR) is 120 cm³/mol.